The summed E-state index contributed by atoms with van der Waals surface area (Å²) in [6.45, 7) is 6.25. The number of aliphatic hydroxyl groups excluding tert-OH is 2. The molecular weight excluding hydrogens is 288 g/mol. The van der Waals surface area contributed by atoms with Crippen molar-refractivity contribution in [3.63, 3.8) is 0 Å². The second-order valence-corrected chi connectivity index (χ2v) is 5.41. The molecule has 4 N–H and O–H groups in total. The molecule has 0 bridgehead atoms. The molecular formula is C14H28N4O4. The number of hydrogen-bond acceptors (Lipinski definition) is 6. The van der Waals surface area contributed by atoms with Crippen molar-refractivity contribution >= 4 is 11.8 Å². The van der Waals surface area contributed by atoms with Crippen LogP contribution in [0.2, 0.25) is 0 Å². The van der Waals surface area contributed by atoms with E-state index in [0.717, 1.165) is 52.1 Å². The molecule has 1 saturated heterocycles. The maximum Gasteiger partial charge on any atom is 0.245 e. The van der Waals surface area contributed by atoms with Crippen LogP contribution in [0.5, 0.6) is 0 Å². The van der Waals surface area contributed by atoms with Crippen LogP contribution < -0.4 is 10.6 Å². The van der Waals surface area contributed by atoms with Crippen LogP contribution in [0.1, 0.15) is 12.8 Å². The first-order chi connectivity index (χ1) is 10.7. The summed E-state index contributed by atoms with van der Waals surface area (Å²) < 4.78 is 0. The van der Waals surface area contributed by atoms with Gasteiger partial charge in [-0.05, 0) is 25.9 Å². The quantitative estimate of drug-likeness (QED) is 0.335. The number of amides is 2. The molecule has 1 fully saturated rings. The number of piperazine rings is 1. The van der Waals surface area contributed by atoms with E-state index < -0.39 is 13.2 Å². The van der Waals surface area contributed by atoms with E-state index in [0.29, 0.717) is 13.1 Å². The monoisotopic (exact) mass is 316 g/mol. The van der Waals surface area contributed by atoms with Crippen molar-refractivity contribution in [1.29, 1.82) is 0 Å². The molecule has 0 aromatic heterocycles. The maximum atomic E-state index is 10.9. The van der Waals surface area contributed by atoms with Crippen LogP contribution in [0, 0.1) is 0 Å². The number of aliphatic hydroxyl groups is 2. The van der Waals surface area contributed by atoms with Crippen LogP contribution in [0.4, 0.5) is 0 Å². The molecule has 0 unspecified atom stereocenters. The first-order valence-electron chi connectivity index (χ1n) is 7.85. The Labute approximate surface area is 131 Å². The number of rotatable bonds is 10. The standard InChI is InChI=1S/C14H28N4O4/c19-11-13(21)15-3-1-5-17-7-9-18(10-8-17)6-2-4-16-14(22)12-20/h19-20H,1-12H2,(H,15,21)(H,16,22). The zero-order valence-electron chi connectivity index (χ0n) is 13.1. The van der Waals surface area contributed by atoms with E-state index in [1.54, 1.807) is 0 Å². The van der Waals surface area contributed by atoms with Crippen molar-refractivity contribution in [2.45, 2.75) is 12.8 Å². The minimum Gasteiger partial charge on any atom is -0.387 e. The Balaban J connectivity index is 1.99. The van der Waals surface area contributed by atoms with Gasteiger partial charge < -0.3 is 30.6 Å². The van der Waals surface area contributed by atoms with E-state index in [-0.39, 0.29) is 11.8 Å². The molecule has 1 rings (SSSR count). The summed E-state index contributed by atoms with van der Waals surface area (Å²) in [5.41, 5.74) is 0. The minimum absolute atomic E-state index is 0.321. The molecule has 2 amide bonds. The van der Waals surface area contributed by atoms with Crippen LogP contribution in [-0.2, 0) is 9.59 Å². The second-order valence-electron chi connectivity index (χ2n) is 5.41. The summed E-state index contributed by atoms with van der Waals surface area (Å²) in [7, 11) is 0. The second kappa shape index (κ2) is 11.4. The Hall–Kier alpha value is -1.22. The minimum atomic E-state index is -0.447. The molecule has 0 aliphatic carbocycles. The number of nitrogens with zero attached hydrogens (tertiary/aromatic N) is 2. The average Bonchev–Trinajstić information content (AvgIpc) is 2.56. The van der Waals surface area contributed by atoms with Gasteiger partial charge in [0.25, 0.3) is 0 Å². The van der Waals surface area contributed by atoms with Gasteiger partial charge >= 0.3 is 0 Å². The Morgan fingerprint density at radius 2 is 1.14 bits per heavy atom. The summed E-state index contributed by atoms with van der Waals surface area (Å²) in [6, 6.07) is 0. The molecule has 0 aromatic carbocycles. The van der Waals surface area contributed by atoms with Gasteiger partial charge in [-0.3, -0.25) is 9.59 Å². The molecule has 1 aliphatic heterocycles. The van der Waals surface area contributed by atoms with Crippen LogP contribution in [0.3, 0.4) is 0 Å². The van der Waals surface area contributed by atoms with Gasteiger partial charge in [-0.25, -0.2) is 0 Å². The molecule has 22 heavy (non-hydrogen) atoms. The predicted molar refractivity (Wildman–Crippen MR) is 82.3 cm³/mol. The van der Waals surface area contributed by atoms with Crippen molar-refractivity contribution < 1.29 is 19.8 Å². The van der Waals surface area contributed by atoms with Gasteiger partial charge in [0.1, 0.15) is 13.2 Å². The zero-order chi connectivity index (χ0) is 16.2. The topological polar surface area (TPSA) is 105 Å². The van der Waals surface area contributed by atoms with Crippen molar-refractivity contribution in [3.05, 3.63) is 0 Å². The normalized spacial score (nSPS) is 16.5. The third-order valence-electron chi connectivity index (χ3n) is 3.70. The first kappa shape index (κ1) is 18.8. The lowest BCUT2D eigenvalue weighted by molar-refractivity contribution is -0.124. The molecule has 0 aromatic rings. The van der Waals surface area contributed by atoms with E-state index in [4.69, 9.17) is 10.2 Å². The van der Waals surface area contributed by atoms with E-state index in [1.165, 1.54) is 0 Å². The maximum absolute atomic E-state index is 10.9. The van der Waals surface area contributed by atoms with Crippen molar-refractivity contribution in [1.82, 2.24) is 20.4 Å². The SMILES string of the molecule is O=C(CO)NCCCN1CCN(CCCNC(=O)CO)CC1. The predicted octanol–water partition coefficient (Wildman–Crippen LogP) is -2.40. The molecule has 0 radical (unpaired) electrons. The summed E-state index contributed by atoms with van der Waals surface area (Å²) in [4.78, 5) is 26.5. The van der Waals surface area contributed by atoms with Gasteiger partial charge in [0.15, 0.2) is 0 Å². The molecule has 8 heteroatoms. The smallest absolute Gasteiger partial charge is 0.245 e. The van der Waals surface area contributed by atoms with E-state index in [1.807, 2.05) is 0 Å². The van der Waals surface area contributed by atoms with Crippen LogP contribution in [0.15, 0.2) is 0 Å². The highest BCUT2D eigenvalue weighted by Crippen LogP contribution is 2.02. The third-order valence-corrected chi connectivity index (χ3v) is 3.70. The molecule has 0 atom stereocenters. The Kier molecular flexibility index (Phi) is 9.72. The number of carbonyl (C=O) groups is 2. The molecule has 8 nitrogen and oxygen atoms in total. The highest BCUT2D eigenvalue weighted by Gasteiger charge is 2.15. The van der Waals surface area contributed by atoms with Gasteiger partial charge in [0, 0.05) is 39.3 Å². The average molecular weight is 316 g/mol. The lowest BCUT2D eigenvalue weighted by Gasteiger charge is -2.34. The molecule has 1 aliphatic rings. The highest BCUT2D eigenvalue weighted by molar-refractivity contribution is 5.77. The van der Waals surface area contributed by atoms with Gasteiger partial charge in [0.2, 0.25) is 11.8 Å². The van der Waals surface area contributed by atoms with Crippen LogP contribution >= 0.6 is 0 Å². The van der Waals surface area contributed by atoms with E-state index >= 15 is 0 Å². The van der Waals surface area contributed by atoms with Crippen LogP contribution in [0.25, 0.3) is 0 Å². The fraction of sp³-hybridized carbons (Fsp3) is 0.857. The lowest BCUT2D eigenvalue weighted by Crippen LogP contribution is -2.47. The summed E-state index contributed by atoms with van der Waals surface area (Å²) >= 11 is 0. The summed E-state index contributed by atoms with van der Waals surface area (Å²) in [5.74, 6) is -0.642. The van der Waals surface area contributed by atoms with Crippen molar-refractivity contribution in [3.8, 4) is 0 Å². The lowest BCUT2D eigenvalue weighted by atomic mass is 10.2. The fourth-order valence-electron chi connectivity index (χ4n) is 2.41. The number of hydrogen-bond donors (Lipinski definition) is 4. The van der Waals surface area contributed by atoms with E-state index in [2.05, 4.69) is 20.4 Å². The van der Waals surface area contributed by atoms with Gasteiger partial charge in [-0.1, -0.05) is 0 Å². The first-order valence-corrected chi connectivity index (χ1v) is 7.85. The fourth-order valence-corrected chi connectivity index (χ4v) is 2.41. The Morgan fingerprint density at radius 1 is 0.773 bits per heavy atom. The van der Waals surface area contributed by atoms with Gasteiger partial charge in [0.05, 0.1) is 0 Å². The molecule has 0 spiro atoms. The molecule has 1 heterocycles. The van der Waals surface area contributed by atoms with Gasteiger partial charge in [-0.2, -0.15) is 0 Å². The van der Waals surface area contributed by atoms with Crippen LogP contribution in [-0.4, -0.2) is 97.4 Å². The summed E-state index contributed by atoms with van der Waals surface area (Å²) in [5, 5.41) is 22.5. The number of carbonyl (C=O) groups excluding carboxylic acids is 2. The van der Waals surface area contributed by atoms with Gasteiger partial charge in [-0.15, -0.1) is 0 Å². The third kappa shape index (κ3) is 8.28. The molecule has 128 valence electrons. The number of nitrogens with one attached hydrogen (secondary N) is 2. The van der Waals surface area contributed by atoms with E-state index in [9.17, 15) is 9.59 Å². The highest BCUT2D eigenvalue weighted by atomic mass is 16.3. The van der Waals surface area contributed by atoms with Crippen molar-refractivity contribution in [2.24, 2.45) is 0 Å². The zero-order valence-corrected chi connectivity index (χ0v) is 13.1. The molecule has 0 saturated carbocycles. The largest absolute Gasteiger partial charge is 0.387 e. The summed E-state index contributed by atoms with van der Waals surface area (Å²) in [6.07, 6.45) is 1.78. The van der Waals surface area contributed by atoms with Crippen molar-refractivity contribution in [2.75, 3.05) is 65.6 Å². The Bertz CT molecular complexity index is 301. The Morgan fingerprint density at radius 3 is 1.45 bits per heavy atom.